The van der Waals surface area contributed by atoms with Gasteiger partial charge in [0, 0.05) is 5.56 Å². The largest absolute Gasteiger partial charge is 0.496 e. The summed E-state index contributed by atoms with van der Waals surface area (Å²) in [5.41, 5.74) is 2.49. The number of rotatable bonds is 5. The molecule has 0 radical (unpaired) electrons. The SMILES string of the molecule is COC(=O)c1ccc(OC)c(CN2N=N[C@@H]3C(=O)N(c4ccc(C)cc4)C(=O)[C@@H]32)c1. The monoisotopic (exact) mass is 408 g/mol. The molecule has 0 aromatic heterocycles. The van der Waals surface area contributed by atoms with Gasteiger partial charge in [-0.05, 0) is 37.3 Å². The molecule has 0 saturated carbocycles. The summed E-state index contributed by atoms with van der Waals surface area (Å²) in [4.78, 5) is 39.0. The van der Waals surface area contributed by atoms with E-state index in [2.05, 4.69) is 10.3 Å². The summed E-state index contributed by atoms with van der Waals surface area (Å²) in [6.45, 7) is 2.07. The van der Waals surface area contributed by atoms with Crippen molar-refractivity contribution in [3.63, 3.8) is 0 Å². The summed E-state index contributed by atoms with van der Waals surface area (Å²) in [6.07, 6.45) is 0. The van der Waals surface area contributed by atoms with E-state index < -0.39 is 24.0 Å². The Bertz CT molecular complexity index is 1050. The van der Waals surface area contributed by atoms with Crippen LogP contribution in [0.25, 0.3) is 0 Å². The number of anilines is 1. The number of fused-ring (bicyclic) bond motifs is 1. The maximum atomic E-state index is 13.1. The Kier molecular flexibility index (Phi) is 4.94. The molecule has 2 atom stereocenters. The second-order valence-electron chi connectivity index (χ2n) is 7.06. The minimum atomic E-state index is -0.895. The number of carbonyl (C=O) groups is 3. The molecular weight excluding hydrogens is 388 g/mol. The number of amides is 2. The average molecular weight is 408 g/mol. The molecule has 2 aromatic rings. The van der Waals surface area contributed by atoms with Crippen molar-refractivity contribution in [2.24, 2.45) is 10.3 Å². The lowest BCUT2D eigenvalue weighted by atomic mass is 10.1. The quantitative estimate of drug-likeness (QED) is 0.556. The molecular formula is C21H20N4O5. The van der Waals surface area contributed by atoms with E-state index in [-0.39, 0.29) is 12.5 Å². The van der Waals surface area contributed by atoms with Crippen LogP contribution in [0.3, 0.4) is 0 Å². The predicted octanol–water partition coefficient (Wildman–Crippen LogP) is 2.28. The average Bonchev–Trinajstić information content (AvgIpc) is 3.28. The highest BCUT2D eigenvalue weighted by Crippen LogP contribution is 2.34. The van der Waals surface area contributed by atoms with Crippen molar-refractivity contribution in [2.45, 2.75) is 25.6 Å². The molecule has 2 aliphatic rings. The molecule has 2 aliphatic heterocycles. The van der Waals surface area contributed by atoms with E-state index in [0.717, 1.165) is 10.5 Å². The number of esters is 1. The summed E-state index contributed by atoms with van der Waals surface area (Å²) in [7, 11) is 2.81. The smallest absolute Gasteiger partial charge is 0.337 e. The van der Waals surface area contributed by atoms with Crippen LogP contribution in [0, 0.1) is 6.92 Å². The zero-order chi connectivity index (χ0) is 21.4. The van der Waals surface area contributed by atoms with Crippen LogP contribution < -0.4 is 9.64 Å². The van der Waals surface area contributed by atoms with Gasteiger partial charge < -0.3 is 9.47 Å². The van der Waals surface area contributed by atoms with Crippen molar-refractivity contribution in [1.82, 2.24) is 5.01 Å². The highest BCUT2D eigenvalue weighted by atomic mass is 16.5. The molecule has 0 aliphatic carbocycles. The zero-order valence-corrected chi connectivity index (χ0v) is 16.7. The maximum absolute atomic E-state index is 13.1. The molecule has 9 nitrogen and oxygen atoms in total. The number of benzene rings is 2. The number of nitrogens with zero attached hydrogens (tertiary/aromatic N) is 4. The maximum Gasteiger partial charge on any atom is 0.337 e. The Morgan fingerprint density at radius 3 is 2.47 bits per heavy atom. The number of imide groups is 1. The number of aryl methyl sites for hydroxylation is 1. The number of hydrogen-bond acceptors (Lipinski definition) is 8. The molecule has 30 heavy (non-hydrogen) atoms. The Hall–Kier alpha value is -3.75. The summed E-state index contributed by atoms with van der Waals surface area (Å²) in [5.74, 6) is -0.761. The van der Waals surface area contributed by atoms with Gasteiger partial charge in [-0.15, -0.1) is 0 Å². The van der Waals surface area contributed by atoms with E-state index in [4.69, 9.17) is 9.47 Å². The lowest BCUT2D eigenvalue weighted by Gasteiger charge is -2.22. The first-order chi connectivity index (χ1) is 14.4. The van der Waals surface area contributed by atoms with E-state index in [9.17, 15) is 14.4 Å². The minimum absolute atomic E-state index is 0.138. The van der Waals surface area contributed by atoms with Gasteiger partial charge >= 0.3 is 5.97 Å². The first-order valence-electron chi connectivity index (χ1n) is 9.31. The van der Waals surface area contributed by atoms with Crippen molar-refractivity contribution >= 4 is 23.5 Å². The number of methoxy groups -OCH3 is 2. The molecule has 154 valence electrons. The third-order valence-corrected chi connectivity index (χ3v) is 5.18. The molecule has 0 spiro atoms. The van der Waals surface area contributed by atoms with Crippen molar-refractivity contribution in [3.8, 4) is 5.75 Å². The van der Waals surface area contributed by atoms with Crippen LogP contribution in [0.2, 0.25) is 0 Å². The number of carbonyl (C=O) groups excluding carboxylic acids is 3. The molecule has 0 N–H and O–H groups in total. The highest BCUT2D eigenvalue weighted by molar-refractivity contribution is 6.25. The van der Waals surface area contributed by atoms with Crippen molar-refractivity contribution < 1.29 is 23.9 Å². The van der Waals surface area contributed by atoms with E-state index in [1.807, 2.05) is 19.1 Å². The van der Waals surface area contributed by atoms with Gasteiger partial charge in [-0.1, -0.05) is 22.9 Å². The van der Waals surface area contributed by atoms with Crippen molar-refractivity contribution in [2.75, 3.05) is 19.1 Å². The normalized spacial score (nSPS) is 20.0. The van der Waals surface area contributed by atoms with Crippen molar-refractivity contribution in [1.29, 1.82) is 0 Å². The minimum Gasteiger partial charge on any atom is -0.496 e. The molecule has 1 saturated heterocycles. The molecule has 0 unspecified atom stereocenters. The van der Waals surface area contributed by atoms with E-state index >= 15 is 0 Å². The van der Waals surface area contributed by atoms with Crippen LogP contribution in [0.5, 0.6) is 5.75 Å². The van der Waals surface area contributed by atoms with Crippen LogP contribution in [-0.2, 0) is 20.9 Å². The Labute approximate surface area is 172 Å². The van der Waals surface area contributed by atoms with E-state index in [0.29, 0.717) is 22.6 Å². The summed E-state index contributed by atoms with van der Waals surface area (Å²) < 4.78 is 10.1. The van der Waals surface area contributed by atoms with Gasteiger partial charge in [-0.3, -0.25) is 14.6 Å². The number of hydrogen-bond donors (Lipinski definition) is 0. The fourth-order valence-electron chi connectivity index (χ4n) is 3.62. The summed E-state index contributed by atoms with van der Waals surface area (Å²) in [5, 5.41) is 9.54. The van der Waals surface area contributed by atoms with E-state index in [1.54, 1.807) is 30.3 Å². The zero-order valence-electron chi connectivity index (χ0n) is 16.7. The van der Waals surface area contributed by atoms with Crippen LogP contribution in [-0.4, -0.2) is 49.1 Å². The second-order valence-corrected chi connectivity index (χ2v) is 7.06. The Balaban J connectivity index is 1.62. The first kappa shape index (κ1) is 19.6. The molecule has 4 rings (SSSR count). The van der Waals surface area contributed by atoms with Crippen LogP contribution in [0.4, 0.5) is 5.69 Å². The number of ether oxygens (including phenoxy) is 2. The molecule has 1 fully saturated rings. The van der Waals surface area contributed by atoms with E-state index in [1.165, 1.54) is 19.2 Å². The highest BCUT2D eigenvalue weighted by Gasteiger charge is 2.54. The lowest BCUT2D eigenvalue weighted by Crippen LogP contribution is -2.39. The molecule has 0 bridgehead atoms. The van der Waals surface area contributed by atoms with Gasteiger partial charge in [0.05, 0.1) is 32.0 Å². The molecule has 9 heteroatoms. The summed E-state index contributed by atoms with van der Waals surface area (Å²) >= 11 is 0. The van der Waals surface area contributed by atoms with Crippen molar-refractivity contribution in [3.05, 3.63) is 59.2 Å². The van der Waals surface area contributed by atoms with Gasteiger partial charge in [0.1, 0.15) is 5.75 Å². The fraction of sp³-hybridized carbons (Fsp3) is 0.286. The fourth-order valence-corrected chi connectivity index (χ4v) is 3.62. The third kappa shape index (κ3) is 3.18. The predicted molar refractivity (Wildman–Crippen MR) is 106 cm³/mol. The van der Waals surface area contributed by atoms with Gasteiger partial charge in [0.25, 0.3) is 11.8 Å². The summed E-state index contributed by atoms with van der Waals surface area (Å²) in [6, 6.07) is 10.3. The Morgan fingerprint density at radius 2 is 1.80 bits per heavy atom. The lowest BCUT2D eigenvalue weighted by molar-refractivity contribution is -0.123. The molecule has 2 heterocycles. The van der Waals surface area contributed by atoms with Gasteiger partial charge in [0.2, 0.25) is 0 Å². The van der Waals surface area contributed by atoms with Crippen LogP contribution in [0.1, 0.15) is 21.5 Å². The van der Waals surface area contributed by atoms with Gasteiger partial charge in [0.15, 0.2) is 12.1 Å². The standard InChI is InChI=1S/C21H20N4O5/c1-12-4-7-15(8-5-12)25-19(26)17-18(20(25)27)24(23-22-17)11-14-10-13(21(28)30-3)6-9-16(14)29-2/h4-10,17-18H,11H2,1-3H3/t17-,18+/m0/s1. The molecule has 2 aromatic carbocycles. The third-order valence-electron chi connectivity index (χ3n) is 5.18. The molecule has 2 amide bonds. The van der Waals surface area contributed by atoms with Gasteiger partial charge in [-0.25, -0.2) is 9.69 Å². The Morgan fingerprint density at radius 1 is 1.07 bits per heavy atom. The first-order valence-corrected chi connectivity index (χ1v) is 9.31. The van der Waals surface area contributed by atoms with Crippen LogP contribution >= 0.6 is 0 Å². The second kappa shape index (κ2) is 7.58. The topological polar surface area (TPSA) is 101 Å². The van der Waals surface area contributed by atoms with Gasteiger partial charge in [-0.2, -0.15) is 5.11 Å². The van der Waals surface area contributed by atoms with Crippen LogP contribution in [0.15, 0.2) is 52.8 Å².